The lowest BCUT2D eigenvalue weighted by Crippen LogP contribution is -2.28. The van der Waals surface area contributed by atoms with E-state index in [1.807, 2.05) is 0 Å². The third-order valence-corrected chi connectivity index (χ3v) is 8.40. The highest BCUT2D eigenvalue weighted by molar-refractivity contribution is 5.70. The van der Waals surface area contributed by atoms with Crippen LogP contribution in [0.5, 0.6) is 0 Å². The molecule has 1 atom stereocenters. The Morgan fingerprint density at radius 2 is 0.738 bits per heavy atom. The average molecular weight is 597 g/mol. The van der Waals surface area contributed by atoms with Gasteiger partial charge in [-0.3, -0.25) is 9.59 Å². The van der Waals surface area contributed by atoms with Gasteiger partial charge in [0.05, 0.1) is 6.61 Å². The van der Waals surface area contributed by atoms with E-state index < -0.39 is 6.10 Å². The van der Waals surface area contributed by atoms with Gasteiger partial charge >= 0.3 is 11.9 Å². The molecule has 1 N–H and O–H groups in total. The van der Waals surface area contributed by atoms with Crippen molar-refractivity contribution < 1.29 is 24.2 Å². The summed E-state index contributed by atoms with van der Waals surface area (Å²) in [6, 6.07) is 0. The standard InChI is InChI=1S/C37H72O5/c1-3-5-7-9-11-13-15-17-18-19-20-22-24-26-28-30-32-37(40)42-35(33-38)34-41-36(39)31-29-27-25-23-21-16-14-12-10-8-6-4-2/h35,38H,3-34H2,1-2H3/t35-/m0/s1. The summed E-state index contributed by atoms with van der Waals surface area (Å²) in [5.41, 5.74) is 0. The maximum absolute atomic E-state index is 12.1. The smallest absolute Gasteiger partial charge is 0.306 e. The summed E-state index contributed by atoms with van der Waals surface area (Å²) in [6.07, 6.45) is 35.8. The SMILES string of the molecule is CCCCCCCCCCCCCCCCCCC(=O)O[C@@H](CO)COC(=O)CCCCCCCCCCCCCC. The van der Waals surface area contributed by atoms with E-state index in [1.165, 1.54) is 148 Å². The first-order valence-corrected chi connectivity index (χ1v) is 18.6. The average Bonchev–Trinajstić information content (AvgIpc) is 2.99. The second-order valence-corrected chi connectivity index (χ2v) is 12.7. The quantitative estimate of drug-likeness (QED) is 0.0591. The van der Waals surface area contributed by atoms with E-state index in [-0.39, 0.29) is 25.2 Å². The number of aliphatic hydroxyl groups is 1. The number of esters is 2. The zero-order valence-electron chi connectivity index (χ0n) is 28.3. The Labute approximate surface area is 261 Å². The molecule has 0 aliphatic heterocycles. The van der Waals surface area contributed by atoms with Crippen LogP contribution in [0.25, 0.3) is 0 Å². The van der Waals surface area contributed by atoms with Gasteiger partial charge in [-0.1, -0.05) is 181 Å². The molecule has 0 aliphatic rings. The molecule has 0 amide bonds. The van der Waals surface area contributed by atoms with E-state index in [4.69, 9.17) is 9.47 Å². The molecule has 5 nitrogen and oxygen atoms in total. The largest absolute Gasteiger partial charge is 0.462 e. The molecular formula is C37H72O5. The van der Waals surface area contributed by atoms with Crippen LogP contribution in [0.2, 0.25) is 0 Å². The number of carbonyl (C=O) groups excluding carboxylic acids is 2. The molecule has 0 aromatic heterocycles. The molecule has 42 heavy (non-hydrogen) atoms. The van der Waals surface area contributed by atoms with Crippen molar-refractivity contribution >= 4 is 11.9 Å². The number of ether oxygens (including phenoxy) is 2. The predicted molar refractivity (Wildman–Crippen MR) is 178 cm³/mol. The van der Waals surface area contributed by atoms with Gasteiger partial charge in [0.1, 0.15) is 6.61 Å². The number of unbranched alkanes of at least 4 members (excludes halogenated alkanes) is 26. The van der Waals surface area contributed by atoms with Crippen molar-refractivity contribution in [2.75, 3.05) is 13.2 Å². The highest BCUT2D eigenvalue weighted by Crippen LogP contribution is 2.15. The summed E-state index contributed by atoms with van der Waals surface area (Å²) >= 11 is 0. The Morgan fingerprint density at radius 3 is 1.05 bits per heavy atom. The molecule has 0 saturated heterocycles. The van der Waals surface area contributed by atoms with Crippen molar-refractivity contribution in [3.8, 4) is 0 Å². The summed E-state index contributed by atoms with van der Waals surface area (Å²) < 4.78 is 10.6. The van der Waals surface area contributed by atoms with Crippen LogP contribution in [0.3, 0.4) is 0 Å². The molecule has 0 radical (unpaired) electrons. The molecule has 0 fully saturated rings. The lowest BCUT2D eigenvalue weighted by atomic mass is 10.0. The van der Waals surface area contributed by atoms with Gasteiger partial charge in [0, 0.05) is 12.8 Å². The van der Waals surface area contributed by atoms with Crippen LogP contribution in [0.4, 0.5) is 0 Å². The van der Waals surface area contributed by atoms with Crippen LogP contribution in [0, 0.1) is 0 Å². The van der Waals surface area contributed by atoms with E-state index >= 15 is 0 Å². The first-order chi connectivity index (χ1) is 20.6. The Hall–Kier alpha value is -1.10. The van der Waals surface area contributed by atoms with Crippen LogP contribution in [0.1, 0.15) is 206 Å². The van der Waals surface area contributed by atoms with E-state index in [0.717, 1.165) is 32.1 Å². The minimum atomic E-state index is -0.760. The molecule has 0 saturated carbocycles. The fourth-order valence-electron chi connectivity index (χ4n) is 5.55. The topological polar surface area (TPSA) is 72.8 Å². The molecule has 250 valence electrons. The van der Waals surface area contributed by atoms with E-state index in [9.17, 15) is 14.7 Å². The summed E-state index contributed by atoms with van der Waals surface area (Å²) in [5.74, 6) is -0.578. The molecule has 0 unspecified atom stereocenters. The van der Waals surface area contributed by atoms with Gasteiger partial charge in [0.15, 0.2) is 6.10 Å². The van der Waals surface area contributed by atoms with Crippen molar-refractivity contribution in [1.29, 1.82) is 0 Å². The first-order valence-electron chi connectivity index (χ1n) is 18.6. The number of rotatable bonds is 34. The molecule has 0 aliphatic carbocycles. The highest BCUT2D eigenvalue weighted by atomic mass is 16.6. The second-order valence-electron chi connectivity index (χ2n) is 12.7. The first kappa shape index (κ1) is 40.9. The lowest BCUT2D eigenvalue weighted by molar-refractivity contribution is -0.161. The fourth-order valence-corrected chi connectivity index (χ4v) is 5.55. The number of aliphatic hydroxyl groups excluding tert-OH is 1. The Balaban J connectivity index is 3.50. The summed E-state index contributed by atoms with van der Waals surface area (Å²) in [7, 11) is 0. The van der Waals surface area contributed by atoms with Gasteiger partial charge in [0.25, 0.3) is 0 Å². The summed E-state index contributed by atoms with van der Waals surface area (Å²) in [4.78, 5) is 24.2. The molecule has 5 heteroatoms. The van der Waals surface area contributed by atoms with Crippen LogP contribution >= 0.6 is 0 Å². The van der Waals surface area contributed by atoms with E-state index in [1.54, 1.807) is 0 Å². The maximum atomic E-state index is 12.1. The summed E-state index contributed by atoms with van der Waals surface area (Å²) in [6.45, 7) is 4.15. The van der Waals surface area contributed by atoms with Gasteiger partial charge in [-0.05, 0) is 12.8 Å². The maximum Gasteiger partial charge on any atom is 0.306 e. The molecule has 0 bridgehead atoms. The van der Waals surface area contributed by atoms with Crippen molar-refractivity contribution in [2.45, 2.75) is 213 Å². The van der Waals surface area contributed by atoms with Crippen molar-refractivity contribution in [3.63, 3.8) is 0 Å². The molecule has 0 aromatic carbocycles. The van der Waals surface area contributed by atoms with E-state index in [2.05, 4.69) is 13.8 Å². The van der Waals surface area contributed by atoms with Crippen molar-refractivity contribution in [1.82, 2.24) is 0 Å². The van der Waals surface area contributed by atoms with Crippen LogP contribution < -0.4 is 0 Å². The minimum Gasteiger partial charge on any atom is -0.462 e. The third-order valence-electron chi connectivity index (χ3n) is 8.40. The van der Waals surface area contributed by atoms with Crippen LogP contribution in [-0.2, 0) is 19.1 Å². The van der Waals surface area contributed by atoms with Gasteiger partial charge in [-0.15, -0.1) is 0 Å². The van der Waals surface area contributed by atoms with Gasteiger partial charge < -0.3 is 14.6 Å². The zero-order valence-corrected chi connectivity index (χ0v) is 28.3. The second kappa shape index (κ2) is 34.4. The zero-order chi connectivity index (χ0) is 30.8. The normalized spacial score (nSPS) is 12.0. The fraction of sp³-hybridized carbons (Fsp3) is 0.946. The molecular weight excluding hydrogens is 524 g/mol. The van der Waals surface area contributed by atoms with Gasteiger partial charge in [-0.2, -0.15) is 0 Å². The molecule has 0 heterocycles. The van der Waals surface area contributed by atoms with Crippen LogP contribution in [0.15, 0.2) is 0 Å². The Kier molecular flexibility index (Phi) is 33.5. The monoisotopic (exact) mass is 597 g/mol. The van der Waals surface area contributed by atoms with Crippen molar-refractivity contribution in [3.05, 3.63) is 0 Å². The molecule has 0 aromatic rings. The third kappa shape index (κ3) is 31.8. The highest BCUT2D eigenvalue weighted by Gasteiger charge is 2.16. The number of hydrogen-bond acceptors (Lipinski definition) is 5. The van der Waals surface area contributed by atoms with Gasteiger partial charge in [0.2, 0.25) is 0 Å². The van der Waals surface area contributed by atoms with E-state index in [0.29, 0.717) is 12.8 Å². The van der Waals surface area contributed by atoms with Crippen LogP contribution in [-0.4, -0.2) is 36.4 Å². The number of hydrogen-bond donors (Lipinski definition) is 1. The summed E-state index contributed by atoms with van der Waals surface area (Å²) in [5, 5.41) is 9.52. The van der Waals surface area contributed by atoms with Crippen molar-refractivity contribution in [2.24, 2.45) is 0 Å². The Bertz CT molecular complexity index is 564. The molecule has 0 spiro atoms. The lowest BCUT2D eigenvalue weighted by Gasteiger charge is -2.15. The number of carbonyl (C=O) groups is 2. The predicted octanol–water partition coefficient (Wildman–Crippen LogP) is 11.2. The minimum absolute atomic E-state index is 0.0573. The van der Waals surface area contributed by atoms with Gasteiger partial charge in [-0.25, -0.2) is 0 Å². The molecule has 0 rings (SSSR count). The Morgan fingerprint density at radius 1 is 0.452 bits per heavy atom.